The largest absolute Gasteiger partial charge is 0.293 e. The highest BCUT2D eigenvalue weighted by Crippen LogP contribution is 2.16. The normalized spacial score (nSPS) is 11.2. The first-order valence-corrected chi connectivity index (χ1v) is 6.97. The molecule has 0 radical (unpaired) electrons. The van der Waals surface area contributed by atoms with Gasteiger partial charge in [0.2, 0.25) is 0 Å². The number of hydrogen-bond donors (Lipinski definition) is 0. The number of aromatic nitrogens is 4. The topological polar surface area (TPSA) is 60.7 Å². The molecule has 18 heavy (non-hydrogen) atoms. The van der Waals surface area contributed by atoms with Crippen molar-refractivity contribution in [3.05, 3.63) is 38.5 Å². The molecule has 0 aliphatic rings. The maximum absolute atomic E-state index is 12.3. The van der Waals surface area contributed by atoms with Gasteiger partial charge in [-0.3, -0.25) is 9.36 Å². The number of aryl methyl sites for hydroxylation is 2. The highest BCUT2D eigenvalue weighted by molar-refractivity contribution is 7.13. The maximum Gasteiger partial charge on any atom is 0.264 e. The van der Waals surface area contributed by atoms with Gasteiger partial charge in [0, 0.05) is 11.1 Å². The first kappa shape index (κ1) is 11.5. The molecule has 3 heterocycles. The van der Waals surface area contributed by atoms with Crippen molar-refractivity contribution < 1.29 is 0 Å². The SMILES string of the molecule is Cc1ncc(Cn2cnc3snc(C)c3c2=O)s1. The molecule has 0 aromatic carbocycles. The monoisotopic (exact) mass is 278 g/mol. The smallest absolute Gasteiger partial charge is 0.264 e. The van der Waals surface area contributed by atoms with Crippen molar-refractivity contribution >= 4 is 33.1 Å². The zero-order chi connectivity index (χ0) is 12.7. The van der Waals surface area contributed by atoms with Gasteiger partial charge in [0.1, 0.15) is 0 Å². The Kier molecular flexibility index (Phi) is 2.71. The Morgan fingerprint density at radius 3 is 2.89 bits per heavy atom. The molecule has 0 N–H and O–H groups in total. The van der Waals surface area contributed by atoms with Gasteiger partial charge in [-0.2, -0.15) is 4.37 Å². The number of nitrogens with zero attached hydrogens (tertiary/aromatic N) is 4. The quantitative estimate of drug-likeness (QED) is 0.719. The fraction of sp³-hybridized carbons (Fsp3) is 0.273. The lowest BCUT2D eigenvalue weighted by Crippen LogP contribution is -2.20. The standard InChI is InChI=1S/C11H10N4OS2/c1-6-9-10(18-14-6)13-5-15(11(9)16)4-8-3-12-7(2)17-8/h3,5H,4H2,1-2H3. The molecule has 0 fully saturated rings. The summed E-state index contributed by atoms with van der Waals surface area (Å²) in [6.45, 7) is 4.30. The molecule has 0 bridgehead atoms. The van der Waals surface area contributed by atoms with Crippen LogP contribution in [0.4, 0.5) is 0 Å². The number of thiazole rings is 1. The van der Waals surface area contributed by atoms with Crippen molar-refractivity contribution in [3.8, 4) is 0 Å². The van der Waals surface area contributed by atoms with Crippen LogP contribution in [0.2, 0.25) is 0 Å². The number of fused-ring (bicyclic) bond motifs is 1. The molecular weight excluding hydrogens is 268 g/mol. The maximum atomic E-state index is 12.3. The molecule has 0 aliphatic heterocycles. The summed E-state index contributed by atoms with van der Waals surface area (Å²) >= 11 is 2.85. The Balaban J connectivity index is 2.10. The van der Waals surface area contributed by atoms with Crippen molar-refractivity contribution in [2.24, 2.45) is 0 Å². The third kappa shape index (κ3) is 1.85. The summed E-state index contributed by atoms with van der Waals surface area (Å²) in [6, 6.07) is 0. The summed E-state index contributed by atoms with van der Waals surface area (Å²) in [5, 5.41) is 1.63. The fourth-order valence-corrected chi connectivity index (χ4v) is 3.30. The summed E-state index contributed by atoms with van der Waals surface area (Å²) < 4.78 is 5.77. The molecule has 3 aromatic rings. The van der Waals surface area contributed by atoms with Crippen molar-refractivity contribution in [2.75, 3.05) is 0 Å². The zero-order valence-corrected chi connectivity index (χ0v) is 11.5. The second kappa shape index (κ2) is 4.25. The van der Waals surface area contributed by atoms with Gasteiger partial charge in [0.15, 0.2) is 4.83 Å². The Bertz CT molecular complexity index is 771. The Morgan fingerprint density at radius 1 is 1.33 bits per heavy atom. The lowest BCUT2D eigenvalue weighted by atomic mass is 10.3. The van der Waals surface area contributed by atoms with Crippen LogP contribution in [0.5, 0.6) is 0 Å². The van der Waals surface area contributed by atoms with Crippen LogP contribution in [0, 0.1) is 13.8 Å². The van der Waals surface area contributed by atoms with Gasteiger partial charge in [-0.05, 0) is 25.4 Å². The number of rotatable bonds is 2. The van der Waals surface area contributed by atoms with Gasteiger partial charge >= 0.3 is 0 Å². The van der Waals surface area contributed by atoms with Gasteiger partial charge in [-0.15, -0.1) is 11.3 Å². The third-order valence-corrected chi connectivity index (χ3v) is 4.37. The van der Waals surface area contributed by atoms with E-state index in [9.17, 15) is 4.79 Å². The summed E-state index contributed by atoms with van der Waals surface area (Å²) in [7, 11) is 0. The van der Waals surface area contributed by atoms with E-state index < -0.39 is 0 Å². The molecule has 0 aliphatic carbocycles. The summed E-state index contributed by atoms with van der Waals surface area (Å²) in [5.41, 5.74) is 0.722. The average Bonchev–Trinajstić information content (AvgIpc) is 2.90. The molecule has 3 rings (SSSR count). The molecule has 5 nitrogen and oxygen atoms in total. The van der Waals surface area contributed by atoms with E-state index in [0.717, 1.165) is 15.6 Å². The van der Waals surface area contributed by atoms with E-state index >= 15 is 0 Å². The molecule has 0 atom stereocenters. The Morgan fingerprint density at radius 2 is 2.17 bits per heavy atom. The zero-order valence-electron chi connectivity index (χ0n) is 9.88. The predicted octanol–water partition coefficient (Wildman–Crippen LogP) is 1.97. The minimum atomic E-state index is -0.0303. The van der Waals surface area contributed by atoms with E-state index in [1.807, 2.05) is 13.8 Å². The van der Waals surface area contributed by atoms with Crippen LogP contribution in [-0.2, 0) is 6.54 Å². The van der Waals surface area contributed by atoms with E-state index in [4.69, 9.17) is 0 Å². The molecule has 92 valence electrons. The van der Waals surface area contributed by atoms with Crippen molar-refractivity contribution in [1.29, 1.82) is 0 Å². The van der Waals surface area contributed by atoms with Gasteiger partial charge in [0.05, 0.1) is 29.0 Å². The third-order valence-electron chi connectivity index (χ3n) is 2.63. The Labute approximate surface area is 111 Å². The van der Waals surface area contributed by atoms with Gasteiger partial charge < -0.3 is 0 Å². The highest BCUT2D eigenvalue weighted by atomic mass is 32.1. The summed E-state index contributed by atoms with van der Waals surface area (Å²) in [5.74, 6) is 0. The molecule has 0 amide bonds. The molecule has 0 spiro atoms. The second-order valence-electron chi connectivity index (χ2n) is 3.97. The minimum absolute atomic E-state index is 0.0303. The molecule has 0 saturated carbocycles. The van der Waals surface area contributed by atoms with Gasteiger partial charge in [0.25, 0.3) is 5.56 Å². The van der Waals surface area contributed by atoms with Crippen LogP contribution in [-0.4, -0.2) is 18.9 Å². The minimum Gasteiger partial charge on any atom is -0.293 e. The molecule has 0 saturated heterocycles. The van der Waals surface area contributed by atoms with Crippen molar-refractivity contribution in [1.82, 2.24) is 18.9 Å². The fourth-order valence-electron chi connectivity index (χ4n) is 1.77. The van der Waals surface area contributed by atoms with E-state index in [1.165, 1.54) is 11.5 Å². The van der Waals surface area contributed by atoms with Gasteiger partial charge in [-0.1, -0.05) is 0 Å². The predicted molar refractivity (Wildman–Crippen MR) is 72.4 cm³/mol. The molecule has 3 aromatic heterocycles. The lowest BCUT2D eigenvalue weighted by Gasteiger charge is -2.02. The van der Waals surface area contributed by atoms with E-state index in [-0.39, 0.29) is 5.56 Å². The van der Waals surface area contributed by atoms with Crippen LogP contribution >= 0.6 is 22.9 Å². The first-order valence-electron chi connectivity index (χ1n) is 5.38. The van der Waals surface area contributed by atoms with E-state index in [1.54, 1.807) is 28.4 Å². The van der Waals surface area contributed by atoms with Crippen molar-refractivity contribution in [3.63, 3.8) is 0 Å². The second-order valence-corrected chi connectivity index (χ2v) is 6.04. The van der Waals surface area contributed by atoms with Crippen LogP contribution < -0.4 is 5.56 Å². The average molecular weight is 278 g/mol. The summed E-state index contributed by atoms with van der Waals surface area (Å²) in [6.07, 6.45) is 3.38. The highest BCUT2D eigenvalue weighted by Gasteiger charge is 2.11. The molecule has 7 heteroatoms. The van der Waals surface area contributed by atoms with Crippen LogP contribution in [0.1, 0.15) is 15.6 Å². The van der Waals surface area contributed by atoms with E-state index in [2.05, 4.69) is 14.3 Å². The van der Waals surface area contributed by atoms with E-state index in [0.29, 0.717) is 16.8 Å². The van der Waals surface area contributed by atoms with Crippen LogP contribution in [0.25, 0.3) is 10.2 Å². The lowest BCUT2D eigenvalue weighted by molar-refractivity contribution is 0.757. The number of hydrogen-bond acceptors (Lipinski definition) is 6. The molecular formula is C11H10N4OS2. The van der Waals surface area contributed by atoms with Crippen LogP contribution in [0.15, 0.2) is 17.3 Å². The first-order chi connectivity index (χ1) is 8.65. The van der Waals surface area contributed by atoms with Crippen molar-refractivity contribution in [2.45, 2.75) is 20.4 Å². The van der Waals surface area contributed by atoms with Gasteiger partial charge in [-0.25, -0.2) is 9.97 Å². The van der Waals surface area contributed by atoms with Crippen LogP contribution in [0.3, 0.4) is 0 Å². The molecule has 0 unspecified atom stereocenters. The summed E-state index contributed by atoms with van der Waals surface area (Å²) in [4.78, 5) is 22.5. The Hall–Kier alpha value is -1.60.